The fraction of sp³-hybridized carbons (Fsp3) is 0.389. The summed E-state index contributed by atoms with van der Waals surface area (Å²) in [6.07, 6.45) is -2.71. The van der Waals surface area contributed by atoms with Crippen molar-refractivity contribution in [3.05, 3.63) is 56.8 Å². The van der Waals surface area contributed by atoms with E-state index in [0.717, 1.165) is 11.1 Å². The minimum atomic E-state index is -4.20. The van der Waals surface area contributed by atoms with Crippen LogP contribution in [0.5, 0.6) is 0 Å². The van der Waals surface area contributed by atoms with Crippen LogP contribution in [-0.2, 0) is 6.54 Å². The molecule has 1 fully saturated rings. The molecule has 3 aromatic rings. The van der Waals surface area contributed by atoms with E-state index in [0.29, 0.717) is 24.3 Å². The van der Waals surface area contributed by atoms with Gasteiger partial charge in [-0.3, -0.25) is 14.3 Å². The summed E-state index contributed by atoms with van der Waals surface area (Å²) in [5, 5.41) is 3.20. The number of imidazole rings is 1. The SMILES string of the molecule is O=c1[nH]c(=S)n(Cc2ccccc2[C@@H]2C[C@@H](C(F)(F)F)CCN2)c2nc[nH]c12. The van der Waals surface area contributed by atoms with Crippen molar-refractivity contribution in [2.24, 2.45) is 5.92 Å². The van der Waals surface area contributed by atoms with Gasteiger partial charge in [0.25, 0.3) is 5.56 Å². The number of fused-ring (bicyclic) bond motifs is 1. The number of alkyl halides is 3. The average molecular weight is 409 g/mol. The second-order valence-corrected chi connectivity index (χ2v) is 7.30. The lowest BCUT2D eigenvalue weighted by Gasteiger charge is -2.33. The summed E-state index contributed by atoms with van der Waals surface area (Å²) in [6.45, 7) is 0.604. The zero-order valence-electron chi connectivity index (χ0n) is 14.7. The van der Waals surface area contributed by atoms with E-state index in [-0.39, 0.29) is 23.2 Å². The van der Waals surface area contributed by atoms with Gasteiger partial charge in [-0.15, -0.1) is 0 Å². The Balaban J connectivity index is 1.71. The van der Waals surface area contributed by atoms with Crippen LogP contribution >= 0.6 is 12.2 Å². The van der Waals surface area contributed by atoms with E-state index in [1.54, 1.807) is 4.57 Å². The Hall–Kier alpha value is -2.46. The van der Waals surface area contributed by atoms with E-state index in [1.807, 2.05) is 24.3 Å². The molecule has 0 radical (unpaired) electrons. The number of H-pyrrole nitrogens is 2. The molecule has 0 aliphatic carbocycles. The molecule has 4 rings (SSSR count). The van der Waals surface area contributed by atoms with Crippen molar-refractivity contribution in [1.82, 2.24) is 24.8 Å². The van der Waals surface area contributed by atoms with Crippen LogP contribution < -0.4 is 10.9 Å². The summed E-state index contributed by atoms with van der Waals surface area (Å²) < 4.78 is 41.5. The highest BCUT2D eigenvalue weighted by Gasteiger charge is 2.42. The van der Waals surface area contributed by atoms with E-state index in [1.165, 1.54) is 6.33 Å². The Morgan fingerprint density at radius 2 is 2.07 bits per heavy atom. The monoisotopic (exact) mass is 409 g/mol. The minimum absolute atomic E-state index is 0.00461. The number of rotatable bonds is 3. The Morgan fingerprint density at radius 1 is 1.29 bits per heavy atom. The maximum absolute atomic E-state index is 13.2. The number of aromatic amines is 2. The molecular formula is C18H18F3N5OS. The molecule has 6 nitrogen and oxygen atoms in total. The van der Waals surface area contributed by atoms with Crippen LogP contribution in [0.2, 0.25) is 0 Å². The Morgan fingerprint density at radius 3 is 2.86 bits per heavy atom. The van der Waals surface area contributed by atoms with Gasteiger partial charge in [-0.1, -0.05) is 24.3 Å². The smallest absolute Gasteiger partial charge is 0.339 e. The normalized spacial score (nSPS) is 20.5. The largest absolute Gasteiger partial charge is 0.391 e. The van der Waals surface area contributed by atoms with E-state index in [9.17, 15) is 18.0 Å². The Bertz CT molecular complexity index is 1120. The lowest BCUT2D eigenvalue weighted by atomic mass is 9.86. The van der Waals surface area contributed by atoms with Gasteiger partial charge in [-0.05, 0) is 42.7 Å². The average Bonchev–Trinajstić information content (AvgIpc) is 3.15. The highest BCUT2D eigenvalue weighted by Crippen LogP contribution is 2.39. The number of hydrogen-bond acceptors (Lipinski definition) is 4. The van der Waals surface area contributed by atoms with Gasteiger partial charge in [0.2, 0.25) is 0 Å². The minimum Gasteiger partial charge on any atom is -0.339 e. The van der Waals surface area contributed by atoms with Crippen molar-refractivity contribution in [3.63, 3.8) is 0 Å². The van der Waals surface area contributed by atoms with E-state index in [2.05, 4.69) is 20.3 Å². The molecule has 0 spiro atoms. The maximum Gasteiger partial charge on any atom is 0.391 e. The van der Waals surface area contributed by atoms with Gasteiger partial charge in [0.1, 0.15) is 5.52 Å². The van der Waals surface area contributed by atoms with Crippen LogP contribution in [0.15, 0.2) is 35.4 Å². The standard InChI is InChI=1S/C18H18F3N5OS/c19-18(20,21)11-5-6-22-13(7-11)12-4-2-1-3-10(12)8-26-15-14(23-9-24-15)16(27)25-17(26)28/h1-4,9,11,13,22H,5-8H2,(H,23,24)(H,25,27,28)/t11-,13-/m0/s1. The number of hydrogen-bond donors (Lipinski definition) is 3. The number of piperidine rings is 1. The molecule has 1 aromatic carbocycles. The molecule has 0 unspecified atom stereocenters. The first-order valence-corrected chi connectivity index (χ1v) is 9.29. The van der Waals surface area contributed by atoms with Gasteiger partial charge in [0.05, 0.1) is 18.8 Å². The Kier molecular flexibility index (Phi) is 4.84. The molecule has 1 aliphatic rings. The first-order chi connectivity index (χ1) is 13.3. The second-order valence-electron chi connectivity index (χ2n) is 6.92. The first-order valence-electron chi connectivity index (χ1n) is 8.88. The molecule has 1 aliphatic heterocycles. The van der Waals surface area contributed by atoms with E-state index >= 15 is 0 Å². The van der Waals surface area contributed by atoms with Crippen LogP contribution in [0.25, 0.3) is 11.2 Å². The van der Waals surface area contributed by atoms with Crippen LogP contribution in [0, 0.1) is 10.7 Å². The van der Waals surface area contributed by atoms with Gasteiger partial charge in [0.15, 0.2) is 10.4 Å². The highest BCUT2D eigenvalue weighted by atomic mass is 32.1. The highest BCUT2D eigenvalue weighted by molar-refractivity contribution is 7.71. The lowest BCUT2D eigenvalue weighted by molar-refractivity contribution is -0.183. The van der Waals surface area contributed by atoms with Gasteiger partial charge < -0.3 is 10.3 Å². The number of nitrogens with zero attached hydrogens (tertiary/aromatic N) is 2. The van der Waals surface area contributed by atoms with Crippen molar-refractivity contribution in [3.8, 4) is 0 Å². The molecule has 28 heavy (non-hydrogen) atoms. The molecule has 2 atom stereocenters. The third kappa shape index (κ3) is 3.49. The Labute approximate surface area is 162 Å². The van der Waals surface area contributed by atoms with Gasteiger partial charge in [0, 0.05) is 6.04 Å². The predicted molar refractivity (Wildman–Crippen MR) is 101 cm³/mol. The zero-order valence-corrected chi connectivity index (χ0v) is 15.5. The van der Waals surface area contributed by atoms with Crippen LogP contribution in [0.1, 0.15) is 30.0 Å². The topological polar surface area (TPSA) is 78.5 Å². The molecule has 0 bridgehead atoms. The molecular weight excluding hydrogens is 391 g/mol. The van der Waals surface area contributed by atoms with Crippen molar-refractivity contribution in [1.29, 1.82) is 0 Å². The lowest BCUT2D eigenvalue weighted by Crippen LogP contribution is -2.38. The zero-order chi connectivity index (χ0) is 19.9. The van der Waals surface area contributed by atoms with Gasteiger partial charge in [-0.2, -0.15) is 13.2 Å². The quantitative estimate of drug-likeness (QED) is 0.579. The number of halogens is 3. The summed E-state index contributed by atoms with van der Waals surface area (Å²) in [4.78, 5) is 21.5. The molecule has 3 N–H and O–H groups in total. The molecule has 3 heterocycles. The summed E-state index contributed by atoms with van der Waals surface area (Å²) >= 11 is 5.29. The number of aromatic nitrogens is 4. The summed E-state index contributed by atoms with van der Waals surface area (Å²) in [5.41, 5.74) is 1.99. The van der Waals surface area contributed by atoms with E-state index < -0.39 is 18.1 Å². The van der Waals surface area contributed by atoms with Crippen molar-refractivity contribution >= 4 is 23.4 Å². The van der Waals surface area contributed by atoms with E-state index in [4.69, 9.17) is 12.2 Å². The number of benzene rings is 1. The fourth-order valence-electron chi connectivity index (χ4n) is 3.77. The molecule has 148 valence electrons. The number of nitrogens with one attached hydrogen (secondary N) is 3. The second kappa shape index (κ2) is 7.17. The van der Waals surface area contributed by atoms with Crippen LogP contribution in [0.3, 0.4) is 0 Å². The predicted octanol–water partition coefficient (Wildman–Crippen LogP) is 3.43. The van der Waals surface area contributed by atoms with Gasteiger partial charge >= 0.3 is 6.18 Å². The first kappa shape index (κ1) is 18.9. The summed E-state index contributed by atoms with van der Waals surface area (Å²) in [5.74, 6) is -1.32. The van der Waals surface area contributed by atoms with Crippen LogP contribution in [-0.4, -0.2) is 32.2 Å². The van der Waals surface area contributed by atoms with Gasteiger partial charge in [-0.25, -0.2) is 4.98 Å². The molecule has 10 heteroatoms. The third-order valence-electron chi connectivity index (χ3n) is 5.19. The molecule has 2 aromatic heterocycles. The van der Waals surface area contributed by atoms with Crippen molar-refractivity contribution in [2.45, 2.75) is 31.6 Å². The molecule has 0 saturated carbocycles. The van der Waals surface area contributed by atoms with Crippen molar-refractivity contribution < 1.29 is 13.2 Å². The molecule has 1 saturated heterocycles. The maximum atomic E-state index is 13.2. The van der Waals surface area contributed by atoms with Crippen LogP contribution in [0.4, 0.5) is 13.2 Å². The molecule has 0 amide bonds. The summed E-state index contributed by atoms with van der Waals surface area (Å²) in [6, 6.07) is 6.94. The summed E-state index contributed by atoms with van der Waals surface area (Å²) in [7, 11) is 0. The third-order valence-corrected chi connectivity index (χ3v) is 5.52. The fourth-order valence-corrected chi connectivity index (χ4v) is 4.01. The van der Waals surface area contributed by atoms with Crippen molar-refractivity contribution in [2.75, 3.05) is 6.54 Å².